The van der Waals surface area contributed by atoms with Gasteiger partial charge in [-0.05, 0) is 261 Å². The fourth-order valence-electron chi connectivity index (χ4n) is 20.3. The van der Waals surface area contributed by atoms with Crippen LogP contribution in [0.2, 0.25) is 0 Å². The number of fused-ring (bicyclic) bond motifs is 12. The van der Waals surface area contributed by atoms with Crippen molar-refractivity contribution in [3.63, 3.8) is 0 Å². The highest BCUT2D eigenvalue weighted by Crippen LogP contribution is 2.53. The van der Waals surface area contributed by atoms with Crippen LogP contribution in [0.15, 0.2) is 328 Å². The first kappa shape index (κ1) is 70.4. The molecular weight excluding hydrogens is 1390 g/mol. The van der Waals surface area contributed by atoms with E-state index in [2.05, 4.69) is 423 Å². The van der Waals surface area contributed by atoms with Gasteiger partial charge in [-0.25, -0.2) is 0 Å². The lowest BCUT2D eigenvalue weighted by Crippen LogP contribution is -2.61. The minimum atomic E-state index is -0.197. The average Bonchev–Trinajstić information content (AvgIpc) is 1.43. The molecule has 17 aromatic rings. The Hall–Kier alpha value is -12.4. The van der Waals surface area contributed by atoms with Gasteiger partial charge in [0.2, 0.25) is 0 Å². The van der Waals surface area contributed by atoms with Gasteiger partial charge in [0, 0.05) is 61.4 Å². The summed E-state index contributed by atoms with van der Waals surface area (Å²) in [5, 5.41) is 4.85. The zero-order valence-corrected chi connectivity index (χ0v) is 67.9. The van der Waals surface area contributed by atoms with Crippen molar-refractivity contribution < 1.29 is 0 Å². The van der Waals surface area contributed by atoms with Crippen molar-refractivity contribution in [2.45, 2.75) is 129 Å². The maximum atomic E-state index is 2.65. The first-order valence-corrected chi connectivity index (χ1v) is 41.6. The number of hydrogen-bond acceptors (Lipinski definition) is 2. The Kier molecular flexibility index (Phi) is 16.0. The zero-order chi connectivity index (χ0) is 78.2. The van der Waals surface area contributed by atoms with Crippen molar-refractivity contribution in [3.05, 3.63) is 355 Å². The van der Waals surface area contributed by atoms with E-state index in [0.29, 0.717) is 0 Å². The van der Waals surface area contributed by atoms with E-state index in [-0.39, 0.29) is 33.8 Å². The van der Waals surface area contributed by atoms with Crippen LogP contribution >= 0.6 is 0 Å². The minimum absolute atomic E-state index is 0.0519. The van der Waals surface area contributed by atoms with Gasteiger partial charge in [0.15, 0.2) is 0 Å². The number of hydrogen-bond donors (Lipinski definition) is 0. The van der Waals surface area contributed by atoms with Crippen LogP contribution in [0.5, 0.6) is 0 Å². The van der Waals surface area contributed by atoms with E-state index in [1.165, 1.54) is 156 Å². The van der Waals surface area contributed by atoms with Crippen molar-refractivity contribution in [2.24, 2.45) is 0 Å². The molecule has 0 bridgehead atoms. The van der Waals surface area contributed by atoms with Crippen LogP contribution < -0.4 is 26.2 Å². The van der Waals surface area contributed by atoms with E-state index in [0.717, 1.165) is 69.4 Å². The van der Waals surface area contributed by atoms with Crippen LogP contribution in [0.3, 0.4) is 0 Å². The molecule has 0 spiro atoms. The van der Waals surface area contributed by atoms with Gasteiger partial charge in [0.1, 0.15) is 0 Å². The highest BCUT2D eigenvalue weighted by atomic mass is 15.2. The summed E-state index contributed by atoms with van der Waals surface area (Å²) in [7, 11) is 0. The van der Waals surface area contributed by atoms with Gasteiger partial charge < -0.3 is 18.9 Å². The Balaban J connectivity index is 0.852. The van der Waals surface area contributed by atoms with Gasteiger partial charge >= 0.3 is 0 Å². The van der Waals surface area contributed by atoms with E-state index >= 15 is 0 Å². The van der Waals surface area contributed by atoms with Crippen LogP contribution in [0.1, 0.15) is 130 Å². The molecule has 5 heteroatoms. The van der Waals surface area contributed by atoms with E-state index in [1.807, 2.05) is 0 Å². The topological polar surface area (TPSA) is 16.3 Å². The first-order valence-electron chi connectivity index (χ1n) is 41.6. The number of para-hydroxylation sites is 1. The normalized spacial score (nSPS) is 15.5. The molecule has 2 aliphatic carbocycles. The summed E-state index contributed by atoms with van der Waals surface area (Å²) in [6, 6.07) is 126. The highest BCUT2D eigenvalue weighted by Gasteiger charge is 2.46. The third-order valence-electron chi connectivity index (χ3n) is 27.0. The van der Waals surface area contributed by atoms with Crippen LogP contribution in [0.25, 0.3) is 122 Å². The van der Waals surface area contributed by atoms with Gasteiger partial charge in [0.25, 0.3) is 6.71 Å². The lowest BCUT2D eigenvalue weighted by atomic mass is 9.33. The molecule has 115 heavy (non-hydrogen) atoms. The van der Waals surface area contributed by atoms with Crippen LogP contribution in [-0.2, 0) is 27.1 Å². The molecule has 0 saturated heterocycles. The number of anilines is 6. The molecule has 2 aromatic heterocycles. The second-order valence-corrected chi connectivity index (χ2v) is 37.0. The third-order valence-corrected chi connectivity index (χ3v) is 27.0. The largest absolute Gasteiger partial charge is 0.311 e. The summed E-state index contributed by atoms with van der Waals surface area (Å²) in [6.45, 7) is 26.3. The fraction of sp³-hybridized carbons (Fsp3) is 0.182. The van der Waals surface area contributed by atoms with Crippen molar-refractivity contribution in [1.82, 2.24) is 9.13 Å². The maximum absolute atomic E-state index is 2.65. The Bertz CT molecular complexity index is 6710. The van der Waals surface area contributed by atoms with Crippen LogP contribution in [0, 0.1) is 0 Å². The second-order valence-electron chi connectivity index (χ2n) is 37.0. The smallest absolute Gasteiger partial charge is 0.252 e. The van der Waals surface area contributed by atoms with Gasteiger partial charge in [0.05, 0.1) is 27.8 Å². The standard InChI is InChI=1S/C110H95BN4/c1-106(2,3)82-31-23-30-75(60-82)81-40-51-95-101(66-81)112(83-44-34-73(35-45-83)79-38-49-91-93(64-79)109(8,9)58-56-107(91,4)5)103-68-86(115-99-54-42-77(71-26-17-13-18-27-71)62-89(99)90-63-78(43-55-100(90)115)72-28-19-14-20-29-72)69-104-105(103)111(95)96-52-48-85(114-97-33-22-21-32-87(97)88-61-76(41-53-98(88)114)70-24-15-12-16-25-70)67-102(96)113(104)84-46-36-74(37-47-84)80-39-50-92-94(65-80)110(10,11)59-57-108(92,6)7/h12-55,60-69H,56-59H2,1-11H3. The van der Waals surface area contributed by atoms with Crippen LogP contribution in [0.4, 0.5) is 34.1 Å². The van der Waals surface area contributed by atoms with E-state index < -0.39 is 0 Å². The van der Waals surface area contributed by atoms with Crippen molar-refractivity contribution in [1.29, 1.82) is 0 Å². The fourth-order valence-corrected chi connectivity index (χ4v) is 20.3. The number of aromatic nitrogens is 2. The number of nitrogens with zero attached hydrogens (tertiary/aromatic N) is 4. The maximum Gasteiger partial charge on any atom is 0.252 e. The molecule has 0 radical (unpaired) electrons. The van der Waals surface area contributed by atoms with Gasteiger partial charge in [-0.15, -0.1) is 0 Å². The van der Waals surface area contributed by atoms with Gasteiger partial charge in [-0.2, -0.15) is 0 Å². The lowest BCUT2D eigenvalue weighted by Gasteiger charge is -2.44. The van der Waals surface area contributed by atoms with Crippen molar-refractivity contribution >= 4 is 101 Å². The monoisotopic (exact) mass is 1480 g/mol. The third kappa shape index (κ3) is 11.5. The van der Waals surface area contributed by atoms with Crippen LogP contribution in [-0.4, -0.2) is 15.8 Å². The predicted octanol–water partition coefficient (Wildman–Crippen LogP) is 28.0. The molecule has 2 aliphatic heterocycles. The lowest BCUT2D eigenvalue weighted by molar-refractivity contribution is 0.332. The molecule has 0 atom stereocenters. The highest BCUT2D eigenvalue weighted by molar-refractivity contribution is 7.00. The summed E-state index contributed by atoms with van der Waals surface area (Å²) < 4.78 is 5.10. The molecule has 0 amide bonds. The molecule has 4 heterocycles. The molecule has 558 valence electrons. The second kappa shape index (κ2) is 26.1. The summed E-state index contributed by atoms with van der Waals surface area (Å²) >= 11 is 0. The SMILES string of the molecule is CC(C)(C)c1cccc(-c2ccc3c(c2)N(c2ccc(-c4ccc5c(c4)C(C)(C)CCC5(C)C)cc2)c2cc(-n4c5ccc(-c6ccccc6)cc5c5cc(-c6ccccc6)ccc54)cc4c2B3c2ccc(-n3c5ccccc5c5cc(-c6ccccc6)ccc53)cc2N4c2ccc(-c3ccc4c(c3)C(C)(C)CCC4(C)C)cc2)c1. The molecule has 0 saturated carbocycles. The summed E-state index contributed by atoms with van der Waals surface area (Å²) in [5.74, 6) is 0. The predicted molar refractivity (Wildman–Crippen MR) is 491 cm³/mol. The Morgan fingerprint density at radius 1 is 0.243 bits per heavy atom. The first-order chi connectivity index (χ1) is 55.6. The number of rotatable bonds is 10. The molecular formula is C110H95BN4. The summed E-state index contributed by atoms with van der Waals surface area (Å²) in [4.78, 5) is 5.29. The average molecular weight is 1480 g/mol. The van der Waals surface area contributed by atoms with E-state index in [4.69, 9.17) is 0 Å². The quantitative estimate of drug-likeness (QED) is 0.127. The minimum Gasteiger partial charge on any atom is -0.311 e. The molecule has 4 aliphatic rings. The summed E-state index contributed by atoms with van der Waals surface area (Å²) in [6.07, 6.45) is 4.67. The van der Waals surface area contributed by atoms with Gasteiger partial charge in [-0.1, -0.05) is 307 Å². The van der Waals surface area contributed by atoms with E-state index in [9.17, 15) is 0 Å². The van der Waals surface area contributed by atoms with Crippen molar-refractivity contribution in [2.75, 3.05) is 9.80 Å². The van der Waals surface area contributed by atoms with Crippen molar-refractivity contribution in [3.8, 4) is 78.1 Å². The molecule has 21 rings (SSSR count). The number of benzene rings is 15. The molecule has 0 fully saturated rings. The Labute approximate surface area is 677 Å². The Morgan fingerprint density at radius 2 is 0.574 bits per heavy atom. The molecule has 0 unspecified atom stereocenters. The van der Waals surface area contributed by atoms with Gasteiger partial charge in [-0.3, -0.25) is 0 Å². The van der Waals surface area contributed by atoms with E-state index in [1.54, 1.807) is 0 Å². The summed E-state index contributed by atoms with van der Waals surface area (Å²) in [5.41, 5.74) is 39.2. The zero-order valence-electron chi connectivity index (χ0n) is 67.9. The molecule has 4 nitrogen and oxygen atoms in total. The molecule has 15 aromatic carbocycles. The Morgan fingerprint density at radius 3 is 1.05 bits per heavy atom. The molecule has 0 N–H and O–H groups in total.